The number of aliphatic hydroxyl groups excluding tert-OH is 1. The van der Waals surface area contributed by atoms with Gasteiger partial charge in [-0.25, -0.2) is 22.7 Å². The van der Waals surface area contributed by atoms with E-state index in [-0.39, 0.29) is 24.1 Å². The summed E-state index contributed by atoms with van der Waals surface area (Å²) in [6, 6.07) is 5.69. The lowest BCUT2D eigenvalue weighted by Gasteiger charge is -2.44. The molecule has 188 valence electrons. The Morgan fingerprint density at radius 3 is 2.60 bits per heavy atom. The number of aromatic amines is 1. The predicted octanol–water partition coefficient (Wildman–Crippen LogP) is 3.47. The van der Waals surface area contributed by atoms with Crippen molar-refractivity contribution >= 4 is 27.3 Å². The number of anilines is 1. The number of nitrogens with zero attached hydrogens (tertiary/aromatic N) is 3. The summed E-state index contributed by atoms with van der Waals surface area (Å²) < 4.78 is 49.3. The van der Waals surface area contributed by atoms with Gasteiger partial charge in [0.2, 0.25) is 15.9 Å². The molecule has 12 heteroatoms. The van der Waals surface area contributed by atoms with Crippen LogP contribution in [0.1, 0.15) is 48.4 Å². The van der Waals surface area contributed by atoms with Gasteiger partial charge in [-0.2, -0.15) is 4.31 Å². The van der Waals surface area contributed by atoms with Crippen molar-refractivity contribution in [3.05, 3.63) is 74.3 Å². The van der Waals surface area contributed by atoms with Gasteiger partial charge >= 0.3 is 5.76 Å². The predicted molar refractivity (Wildman–Crippen MR) is 129 cm³/mol. The van der Waals surface area contributed by atoms with Crippen LogP contribution in [0.5, 0.6) is 0 Å². The van der Waals surface area contributed by atoms with Crippen molar-refractivity contribution < 1.29 is 22.3 Å². The number of H-pyrrole nitrogens is 1. The molecule has 0 bridgehead atoms. The lowest BCUT2D eigenvalue weighted by Crippen LogP contribution is -2.52. The van der Waals surface area contributed by atoms with Crippen LogP contribution in [0, 0.1) is 19.7 Å². The zero-order chi connectivity index (χ0) is 25.7. The first-order chi connectivity index (χ1) is 16.5. The van der Waals surface area contributed by atoms with E-state index in [1.165, 1.54) is 24.3 Å². The van der Waals surface area contributed by atoms with Crippen molar-refractivity contribution in [2.45, 2.75) is 50.6 Å². The number of rotatable bonds is 6. The van der Waals surface area contributed by atoms with Crippen molar-refractivity contribution in [2.75, 3.05) is 18.2 Å². The van der Waals surface area contributed by atoms with E-state index in [1.54, 1.807) is 31.7 Å². The first-order valence-corrected chi connectivity index (χ1v) is 12.8. The van der Waals surface area contributed by atoms with Crippen molar-refractivity contribution in [3.8, 4) is 0 Å². The number of aromatic nitrogens is 2. The Kier molecular flexibility index (Phi) is 6.80. The summed E-state index contributed by atoms with van der Waals surface area (Å²) in [5.74, 6) is -2.36. The minimum absolute atomic E-state index is 0.0371. The van der Waals surface area contributed by atoms with E-state index in [4.69, 9.17) is 16.0 Å². The molecule has 1 aromatic heterocycles. The van der Waals surface area contributed by atoms with Crippen molar-refractivity contribution in [3.63, 3.8) is 0 Å². The lowest BCUT2D eigenvalue weighted by molar-refractivity contribution is 0.213. The molecule has 1 aliphatic heterocycles. The van der Waals surface area contributed by atoms with Gasteiger partial charge in [0.15, 0.2) is 0 Å². The van der Waals surface area contributed by atoms with Crippen LogP contribution in [0.3, 0.4) is 0 Å². The number of hydrogen-bond acceptors (Lipinski definition) is 7. The maximum absolute atomic E-state index is 15.1. The van der Waals surface area contributed by atoms with E-state index in [9.17, 15) is 18.3 Å². The summed E-state index contributed by atoms with van der Waals surface area (Å²) in [5, 5.41) is 16.3. The second kappa shape index (κ2) is 9.38. The third-order valence-electron chi connectivity index (χ3n) is 6.58. The van der Waals surface area contributed by atoms with Gasteiger partial charge in [0, 0.05) is 10.9 Å². The number of fused-ring (bicyclic) bond motifs is 1. The second-order valence-corrected chi connectivity index (χ2v) is 11.0. The maximum Gasteiger partial charge on any atom is 0.434 e. The molecular weight excluding hydrogens is 499 g/mol. The third kappa shape index (κ3) is 4.37. The molecule has 2 N–H and O–H groups in total. The Hall–Kier alpha value is -2.73. The van der Waals surface area contributed by atoms with E-state index in [0.717, 1.165) is 9.87 Å². The van der Waals surface area contributed by atoms with Crippen LogP contribution in [0.2, 0.25) is 5.02 Å². The molecule has 0 amide bonds. The highest BCUT2D eigenvalue weighted by atomic mass is 35.5. The summed E-state index contributed by atoms with van der Waals surface area (Å²) in [6.07, 6.45) is 0. The number of nitrogens with one attached hydrogen (secondary N) is 1. The summed E-state index contributed by atoms with van der Waals surface area (Å²) in [4.78, 5) is 13.5. The van der Waals surface area contributed by atoms with Gasteiger partial charge in [-0.3, -0.25) is 0 Å². The van der Waals surface area contributed by atoms with Crippen molar-refractivity contribution in [1.29, 1.82) is 0 Å². The summed E-state index contributed by atoms with van der Waals surface area (Å²) in [5.41, 5.74) is 2.11. The fraction of sp³-hybridized carbons (Fsp3) is 0.391. The van der Waals surface area contributed by atoms with Crippen LogP contribution in [0.15, 0.2) is 44.4 Å². The van der Waals surface area contributed by atoms with Gasteiger partial charge in [-0.1, -0.05) is 24.6 Å². The van der Waals surface area contributed by atoms with Crippen LogP contribution < -0.4 is 10.7 Å². The highest BCUT2D eigenvalue weighted by Crippen LogP contribution is 2.45. The van der Waals surface area contributed by atoms with E-state index >= 15 is 4.39 Å². The number of halogens is 2. The molecule has 2 heterocycles. The zero-order valence-corrected chi connectivity index (χ0v) is 21.2. The smallest absolute Gasteiger partial charge is 0.394 e. The van der Waals surface area contributed by atoms with Crippen LogP contribution in [-0.2, 0) is 10.0 Å². The molecule has 1 aliphatic rings. The number of aryl methyl sites for hydroxylation is 1. The molecule has 9 nitrogen and oxygen atoms in total. The Labute approximate surface area is 207 Å². The summed E-state index contributed by atoms with van der Waals surface area (Å²) in [7, 11) is -4.19. The molecule has 0 aliphatic carbocycles. The van der Waals surface area contributed by atoms with Gasteiger partial charge in [0.05, 0.1) is 25.0 Å². The molecule has 4 rings (SSSR count). The number of aliphatic hydroxyl groups is 1. The Balaban J connectivity index is 1.95. The molecule has 0 fully saturated rings. The third-order valence-corrected chi connectivity index (χ3v) is 8.68. The van der Waals surface area contributed by atoms with Crippen LogP contribution in [-0.4, -0.2) is 47.3 Å². The fourth-order valence-electron chi connectivity index (χ4n) is 4.55. The zero-order valence-electron chi connectivity index (χ0n) is 19.6. The van der Waals surface area contributed by atoms with Gasteiger partial charge < -0.3 is 14.4 Å². The molecular formula is C23H26ClFN4O5S. The average molecular weight is 525 g/mol. The van der Waals surface area contributed by atoms with E-state index in [0.29, 0.717) is 21.8 Å². The molecule has 0 saturated heterocycles. The van der Waals surface area contributed by atoms with Crippen molar-refractivity contribution in [1.82, 2.24) is 14.5 Å². The number of sulfonamides is 1. The SMILES string of the molecule is Cc1ccc(F)c([C@@H](C)[C@@H](c2n[nH]c(=O)o2)N2CN([C@@H](C)CO)c3cc(Cl)ccc3S2(=O)=O)c1C. The molecule has 0 unspecified atom stereocenters. The molecule has 3 aromatic rings. The molecule has 0 saturated carbocycles. The fourth-order valence-corrected chi connectivity index (χ4v) is 6.50. The number of hydrogen-bond donors (Lipinski definition) is 2. The molecule has 2 aromatic carbocycles. The summed E-state index contributed by atoms with van der Waals surface area (Å²) >= 11 is 6.16. The Morgan fingerprint density at radius 1 is 1.26 bits per heavy atom. The van der Waals surface area contributed by atoms with E-state index in [1.807, 2.05) is 6.92 Å². The monoisotopic (exact) mass is 524 g/mol. The first kappa shape index (κ1) is 25.4. The first-order valence-electron chi connectivity index (χ1n) is 11.0. The highest BCUT2D eigenvalue weighted by Gasteiger charge is 2.46. The quantitative estimate of drug-likeness (QED) is 0.506. The number of benzene rings is 2. The Morgan fingerprint density at radius 2 is 1.97 bits per heavy atom. The standard InChI is InChI=1S/C23H26ClFN4O5S/c1-12-5-7-17(25)20(14(12)3)15(4)21(22-26-27-23(31)34-22)29-11-28(13(2)10-30)18-9-16(24)6-8-19(18)35(29,32)33/h5-9,13,15,21,30H,10-11H2,1-4H3,(H,27,31)/t13-,15+,21-/m0/s1. The average Bonchev–Trinajstić information content (AvgIpc) is 3.23. The van der Waals surface area contributed by atoms with Crippen LogP contribution >= 0.6 is 11.6 Å². The minimum Gasteiger partial charge on any atom is -0.394 e. The van der Waals surface area contributed by atoms with Crippen molar-refractivity contribution in [2.24, 2.45) is 0 Å². The lowest BCUT2D eigenvalue weighted by atomic mass is 9.87. The summed E-state index contributed by atoms with van der Waals surface area (Å²) in [6.45, 7) is 6.51. The maximum atomic E-state index is 15.1. The molecule has 0 radical (unpaired) electrons. The van der Waals surface area contributed by atoms with E-state index in [2.05, 4.69) is 10.2 Å². The molecule has 35 heavy (non-hydrogen) atoms. The van der Waals surface area contributed by atoms with E-state index < -0.39 is 39.6 Å². The second-order valence-electron chi connectivity index (χ2n) is 8.73. The highest BCUT2D eigenvalue weighted by molar-refractivity contribution is 7.89. The van der Waals surface area contributed by atoms with Crippen LogP contribution in [0.25, 0.3) is 0 Å². The largest absolute Gasteiger partial charge is 0.434 e. The molecule has 0 spiro atoms. The van der Waals surface area contributed by atoms with Gasteiger partial charge in [-0.05, 0) is 61.7 Å². The Bertz CT molecular complexity index is 1420. The normalized spacial score (nSPS) is 18.2. The van der Waals surface area contributed by atoms with Gasteiger partial charge in [-0.15, -0.1) is 5.10 Å². The van der Waals surface area contributed by atoms with Gasteiger partial charge in [0.1, 0.15) is 16.8 Å². The van der Waals surface area contributed by atoms with Gasteiger partial charge in [0.25, 0.3) is 0 Å². The topological polar surface area (TPSA) is 120 Å². The minimum atomic E-state index is -4.19. The van der Waals surface area contributed by atoms with Crippen LogP contribution in [0.4, 0.5) is 10.1 Å². The molecule has 3 atom stereocenters.